The van der Waals surface area contributed by atoms with Crippen LogP contribution in [0.5, 0.6) is 11.5 Å². The molecule has 1 unspecified atom stereocenters. The summed E-state index contributed by atoms with van der Waals surface area (Å²) in [5.41, 5.74) is 0.100. The Labute approximate surface area is 94.9 Å². The van der Waals surface area contributed by atoms with E-state index in [0.29, 0.717) is 12.5 Å². The van der Waals surface area contributed by atoms with Crippen LogP contribution in [0.15, 0.2) is 18.2 Å². The van der Waals surface area contributed by atoms with Crippen LogP contribution in [0.2, 0.25) is 0 Å². The van der Waals surface area contributed by atoms with Gasteiger partial charge in [-0.2, -0.15) is 0 Å². The summed E-state index contributed by atoms with van der Waals surface area (Å²) in [5.74, 6) is -0.136. The van der Waals surface area contributed by atoms with Crippen LogP contribution in [0.4, 0.5) is 0 Å². The summed E-state index contributed by atoms with van der Waals surface area (Å²) in [4.78, 5) is 11.7. The maximum absolute atomic E-state index is 11.7. The molecule has 3 N–H and O–H groups in total. The molecule has 0 spiro atoms. The molecular formula is C12H17NO3. The van der Waals surface area contributed by atoms with Crippen molar-refractivity contribution >= 4 is 5.91 Å². The third-order valence-electron chi connectivity index (χ3n) is 2.53. The standard InChI is InChI=1S/C12H17NO3/c1-3-8(2)7-13-12(16)10-6-9(14)4-5-11(10)15/h4-6,8,14-15H,3,7H2,1-2H3,(H,13,16). The van der Waals surface area contributed by atoms with Crippen LogP contribution < -0.4 is 5.32 Å². The maximum atomic E-state index is 11.7. The highest BCUT2D eigenvalue weighted by atomic mass is 16.3. The Morgan fingerprint density at radius 1 is 1.44 bits per heavy atom. The number of carbonyl (C=O) groups excluding carboxylic acids is 1. The highest BCUT2D eigenvalue weighted by molar-refractivity contribution is 5.97. The first-order valence-electron chi connectivity index (χ1n) is 5.34. The first-order valence-corrected chi connectivity index (χ1v) is 5.34. The van der Waals surface area contributed by atoms with Crippen molar-refractivity contribution in [3.05, 3.63) is 23.8 Å². The summed E-state index contributed by atoms with van der Waals surface area (Å²) in [6, 6.07) is 3.88. The number of aromatic hydroxyl groups is 2. The fourth-order valence-corrected chi connectivity index (χ4v) is 1.21. The predicted molar refractivity (Wildman–Crippen MR) is 61.6 cm³/mol. The molecule has 1 atom stereocenters. The topological polar surface area (TPSA) is 69.6 Å². The molecule has 4 heteroatoms. The molecule has 0 heterocycles. The Hall–Kier alpha value is -1.71. The van der Waals surface area contributed by atoms with Crippen molar-refractivity contribution < 1.29 is 15.0 Å². The van der Waals surface area contributed by atoms with Gasteiger partial charge < -0.3 is 15.5 Å². The number of carbonyl (C=O) groups is 1. The van der Waals surface area contributed by atoms with Gasteiger partial charge in [0, 0.05) is 6.54 Å². The van der Waals surface area contributed by atoms with Gasteiger partial charge in [-0.15, -0.1) is 0 Å². The largest absolute Gasteiger partial charge is 0.508 e. The minimum absolute atomic E-state index is 0.0357. The van der Waals surface area contributed by atoms with Crippen LogP contribution in [0.1, 0.15) is 30.6 Å². The van der Waals surface area contributed by atoms with E-state index in [-0.39, 0.29) is 23.0 Å². The van der Waals surface area contributed by atoms with E-state index in [0.717, 1.165) is 6.42 Å². The molecule has 0 saturated heterocycles. The van der Waals surface area contributed by atoms with Gasteiger partial charge in [-0.3, -0.25) is 4.79 Å². The smallest absolute Gasteiger partial charge is 0.255 e. The Morgan fingerprint density at radius 2 is 2.12 bits per heavy atom. The minimum atomic E-state index is -0.367. The van der Waals surface area contributed by atoms with E-state index < -0.39 is 0 Å². The molecule has 0 aliphatic rings. The Bertz CT molecular complexity index is 377. The van der Waals surface area contributed by atoms with Crippen molar-refractivity contribution in [1.29, 1.82) is 0 Å². The molecule has 0 aromatic heterocycles. The van der Waals surface area contributed by atoms with E-state index in [1.807, 2.05) is 13.8 Å². The number of amides is 1. The molecule has 16 heavy (non-hydrogen) atoms. The molecule has 0 aliphatic carbocycles. The number of hydrogen-bond donors (Lipinski definition) is 3. The van der Waals surface area contributed by atoms with Crippen LogP contribution in [-0.4, -0.2) is 22.7 Å². The lowest BCUT2D eigenvalue weighted by atomic mass is 10.1. The first kappa shape index (κ1) is 12.4. The van der Waals surface area contributed by atoms with Crippen molar-refractivity contribution in [3.8, 4) is 11.5 Å². The van der Waals surface area contributed by atoms with Gasteiger partial charge in [0.15, 0.2) is 0 Å². The van der Waals surface area contributed by atoms with E-state index in [9.17, 15) is 15.0 Å². The molecule has 0 saturated carbocycles. The zero-order valence-electron chi connectivity index (χ0n) is 9.53. The highest BCUT2D eigenvalue weighted by Gasteiger charge is 2.12. The normalized spacial score (nSPS) is 12.1. The van der Waals surface area contributed by atoms with E-state index >= 15 is 0 Å². The van der Waals surface area contributed by atoms with Crippen molar-refractivity contribution in [2.24, 2.45) is 5.92 Å². The average Bonchev–Trinajstić information content (AvgIpc) is 2.28. The van der Waals surface area contributed by atoms with Crippen molar-refractivity contribution in [3.63, 3.8) is 0 Å². The predicted octanol–water partition coefficient (Wildman–Crippen LogP) is 1.87. The van der Waals surface area contributed by atoms with Crippen LogP contribution in [0.3, 0.4) is 0 Å². The number of rotatable bonds is 4. The number of hydrogen-bond acceptors (Lipinski definition) is 3. The zero-order valence-corrected chi connectivity index (χ0v) is 9.53. The van der Waals surface area contributed by atoms with E-state index in [2.05, 4.69) is 5.32 Å². The summed E-state index contributed by atoms with van der Waals surface area (Å²) in [7, 11) is 0. The van der Waals surface area contributed by atoms with E-state index in [1.54, 1.807) is 0 Å². The molecule has 1 aromatic rings. The van der Waals surface area contributed by atoms with Crippen molar-refractivity contribution in [2.45, 2.75) is 20.3 Å². The lowest BCUT2D eigenvalue weighted by Gasteiger charge is -2.11. The second kappa shape index (κ2) is 5.39. The molecule has 0 fully saturated rings. The lowest BCUT2D eigenvalue weighted by molar-refractivity contribution is 0.0944. The molecule has 1 amide bonds. The summed E-state index contributed by atoms with van der Waals surface area (Å²) in [5, 5.41) is 21.4. The first-order chi connectivity index (χ1) is 7.54. The van der Waals surface area contributed by atoms with Crippen LogP contribution in [0.25, 0.3) is 0 Å². The number of phenols is 2. The second-order valence-corrected chi connectivity index (χ2v) is 3.92. The summed E-state index contributed by atoms with van der Waals surface area (Å²) in [6.45, 7) is 4.63. The minimum Gasteiger partial charge on any atom is -0.508 e. The fraction of sp³-hybridized carbons (Fsp3) is 0.417. The van der Waals surface area contributed by atoms with Gasteiger partial charge in [-0.1, -0.05) is 20.3 Å². The highest BCUT2D eigenvalue weighted by Crippen LogP contribution is 2.21. The maximum Gasteiger partial charge on any atom is 0.255 e. The van der Waals surface area contributed by atoms with Gasteiger partial charge in [-0.05, 0) is 24.1 Å². The van der Waals surface area contributed by atoms with Crippen molar-refractivity contribution in [2.75, 3.05) is 6.54 Å². The van der Waals surface area contributed by atoms with Gasteiger partial charge in [0.05, 0.1) is 5.56 Å². The van der Waals surface area contributed by atoms with Gasteiger partial charge >= 0.3 is 0 Å². The van der Waals surface area contributed by atoms with Gasteiger partial charge in [0.1, 0.15) is 11.5 Å². The third-order valence-corrected chi connectivity index (χ3v) is 2.53. The molecule has 0 radical (unpaired) electrons. The lowest BCUT2D eigenvalue weighted by Crippen LogP contribution is -2.28. The zero-order chi connectivity index (χ0) is 12.1. The Balaban J connectivity index is 2.69. The van der Waals surface area contributed by atoms with E-state index in [4.69, 9.17) is 0 Å². The molecule has 1 aromatic carbocycles. The molecule has 0 bridgehead atoms. The van der Waals surface area contributed by atoms with Crippen LogP contribution >= 0.6 is 0 Å². The Kier molecular flexibility index (Phi) is 4.17. The Morgan fingerprint density at radius 3 is 2.75 bits per heavy atom. The number of benzene rings is 1. The SMILES string of the molecule is CCC(C)CNC(=O)c1cc(O)ccc1O. The molecular weight excluding hydrogens is 206 g/mol. The number of nitrogens with one attached hydrogen (secondary N) is 1. The average molecular weight is 223 g/mol. The monoisotopic (exact) mass is 223 g/mol. The van der Waals surface area contributed by atoms with Gasteiger partial charge in [0.25, 0.3) is 5.91 Å². The molecule has 1 rings (SSSR count). The van der Waals surface area contributed by atoms with Crippen LogP contribution in [0, 0.1) is 5.92 Å². The van der Waals surface area contributed by atoms with Crippen LogP contribution in [-0.2, 0) is 0 Å². The number of phenolic OH excluding ortho intramolecular Hbond substituents is 2. The third kappa shape index (κ3) is 3.15. The van der Waals surface area contributed by atoms with Gasteiger partial charge in [0.2, 0.25) is 0 Å². The van der Waals surface area contributed by atoms with Gasteiger partial charge in [-0.25, -0.2) is 0 Å². The summed E-state index contributed by atoms with van der Waals surface area (Å²) in [6.07, 6.45) is 0.978. The second-order valence-electron chi connectivity index (χ2n) is 3.92. The summed E-state index contributed by atoms with van der Waals surface area (Å²) >= 11 is 0. The summed E-state index contributed by atoms with van der Waals surface area (Å²) < 4.78 is 0. The van der Waals surface area contributed by atoms with E-state index in [1.165, 1.54) is 18.2 Å². The molecule has 88 valence electrons. The molecule has 0 aliphatic heterocycles. The van der Waals surface area contributed by atoms with Crippen molar-refractivity contribution in [1.82, 2.24) is 5.32 Å². The quantitative estimate of drug-likeness (QED) is 0.682. The molecule has 4 nitrogen and oxygen atoms in total. The fourth-order valence-electron chi connectivity index (χ4n) is 1.21.